The number of amides is 1. The maximum absolute atomic E-state index is 13.2. The summed E-state index contributed by atoms with van der Waals surface area (Å²) < 4.78 is 5.82. The number of Topliss-reactive ketones (excluding diaryl/α,β-unsaturated/α-hetero) is 2. The van der Waals surface area contributed by atoms with E-state index in [1.165, 1.54) is 0 Å². The second kappa shape index (κ2) is 9.90. The molecular weight excluding hydrogens is 440 g/mol. The highest BCUT2D eigenvalue weighted by atomic mass is 16.5. The number of allylic oxidation sites excluding steroid dienone is 4. The van der Waals surface area contributed by atoms with Crippen molar-refractivity contribution in [1.82, 2.24) is 4.90 Å². The molecule has 0 aromatic heterocycles. The van der Waals surface area contributed by atoms with Crippen molar-refractivity contribution in [2.75, 3.05) is 18.5 Å². The average Bonchev–Trinajstić information content (AvgIpc) is 2.87. The van der Waals surface area contributed by atoms with Crippen molar-refractivity contribution < 1.29 is 19.1 Å². The van der Waals surface area contributed by atoms with Gasteiger partial charge in [0.05, 0.1) is 0 Å². The molecular formula is C29H30N2O4. The highest BCUT2D eigenvalue weighted by molar-refractivity contribution is 6.06. The van der Waals surface area contributed by atoms with Crippen molar-refractivity contribution in [3.8, 4) is 5.75 Å². The standard InChI is InChI=1S/C29H30N2O4/c1-2-31-22-13-7-15-24(32)28(22)27(29-23(31)14-8-16-25(29)33)19-9-6-12-21(17-19)35-18-26(34)30-20-10-4-3-5-11-20/h3-6,9-12,17,27H,2,7-8,13-16,18H2,1H3,(H,30,34). The van der Waals surface area contributed by atoms with Crippen LogP contribution in [-0.2, 0) is 14.4 Å². The number of ether oxygens (including phenoxy) is 1. The fourth-order valence-electron chi connectivity index (χ4n) is 5.58. The zero-order valence-electron chi connectivity index (χ0n) is 20.0. The number of carbonyl (C=O) groups is 3. The van der Waals surface area contributed by atoms with Crippen LogP contribution < -0.4 is 10.1 Å². The number of rotatable bonds is 6. The second-order valence-corrected chi connectivity index (χ2v) is 9.23. The van der Waals surface area contributed by atoms with Gasteiger partial charge < -0.3 is 15.0 Å². The number of nitrogens with one attached hydrogen (secondary N) is 1. The Labute approximate surface area is 205 Å². The van der Waals surface area contributed by atoms with Crippen molar-refractivity contribution in [1.29, 1.82) is 0 Å². The summed E-state index contributed by atoms with van der Waals surface area (Å²) in [6.07, 6.45) is 4.42. The van der Waals surface area contributed by atoms with Crippen molar-refractivity contribution in [2.45, 2.75) is 51.4 Å². The van der Waals surface area contributed by atoms with Crippen LogP contribution in [-0.4, -0.2) is 35.5 Å². The summed E-state index contributed by atoms with van der Waals surface area (Å²) in [4.78, 5) is 41.0. The van der Waals surface area contributed by atoms with Crippen LogP contribution in [0, 0.1) is 0 Å². The lowest BCUT2D eigenvalue weighted by Crippen LogP contribution is -2.39. The number of nitrogens with zero attached hydrogens (tertiary/aromatic N) is 1. The van der Waals surface area contributed by atoms with Gasteiger partial charge in [-0.25, -0.2) is 0 Å². The van der Waals surface area contributed by atoms with Gasteiger partial charge in [-0.05, 0) is 62.4 Å². The maximum atomic E-state index is 13.2. The third kappa shape index (κ3) is 4.53. The van der Waals surface area contributed by atoms with E-state index in [2.05, 4.69) is 17.1 Å². The van der Waals surface area contributed by atoms with Gasteiger partial charge in [0.15, 0.2) is 18.2 Å². The molecule has 3 aliphatic rings. The molecule has 0 bridgehead atoms. The van der Waals surface area contributed by atoms with E-state index >= 15 is 0 Å². The molecule has 1 amide bonds. The molecule has 0 saturated heterocycles. The molecule has 0 radical (unpaired) electrons. The van der Waals surface area contributed by atoms with Crippen molar-refractivity contribution >= 4 is 23.2 Å². The van der Waals surface area contributed by atoms with Gasteiger partial charge in [-0.15, -0.1) is 0 Å². The number of benzene rings is 2. The molecule has 6 heteroatoms. The number of hydrogen-bond donors (Lipinski definition) is 1. The van der Waals surface area contributed by atoms with Crippen LogP contribution >= 0.6 is 0 Å². The van der Waals surface area contributed by atoms with Gasteiger partial charge in [-0.1, -0.05) is 30.3 Å². The van der Waals surface area contributed by atoms with Crippen LogP contribution in [0.3, 0.4) is 0 Å². The predicted molar refractivity (Wildman–Crippen MR) is 134 cm³/mol. The molecule has 1 aliphatic heterocycles. The fourth-order valence-corrected chi connectivity index (χ4v) is 5.58. The summed E-state index contributed by atoms with van der Waals surface area (Å²) in [6, 6.07) is 16.7. The van der Waals surface area contributed by atoms with Crippen LogP contribution in [0.15, 0.2) is 77.1 Å². The minimum atomic E-state index is -0.370. The van der Waals surface area contributed by atoms with Gasteiger partial charge in [0.2, 0.25) is 0 Å². The minimum Gasteiger partial charge on any atom is -0.484 e. The summed E-state index contributed by atoms with van der Waals surface area (Å²) >= 11 is 0. The molecule has 0 fully saturated rings. The Kier molecular flexibility index (Phi) is 6.53. The second-order valence-electron chi connectivity index (χ2n) is 9.23. The van der Waals surface area contributed by atoms with Gasteiger partial charge in [-0.2, -0.15) is 0 Å². The van der Waals surface area contributed by atoms with Gasteiger partial charge in [0.1, 0.15) is 5.75 Å². The third-order valence-corrected chi connectivity index (χ3v) is 7.02. The van der Waals surface area contributed by atoms with Gasteiger partial charge in [0, 0.05) is 53.5 Å². The van der Waals surface area contributed by atoms with Crippen molar-refractivity contribution in [3.63, 3.8) is 0 Å². The molecule has 0 saturated carbocycles. The third-order valence-electron chi connectivity index (χ3n) is 7.02. The number of hydrogen-bond acceptors (Lipinski definition) is 5. The lowest BCUT2D eigenvalue weighted by molar-refractivity contribution is -0.118. The molecule has 2 aromatic carbocycles. The lowest BCUT2D eigenvalue weighted by Gasteiger charge is -2.43. The summed E-state index contributed by atoms with van der Waals surface area (Å²) in [7, 11) is 0. The van der Waals surface area contributed by atoms with E-state index in [-0.39, 0.29) is 30.0 Å². The van der Waals surface area contributed by atoms with Crippen molar-refractivity contribution in [2.24, 2.45) is 0 Å². The Morgan fingerprint density at radius 1 is 0.914 bits per heavy atom. The van der Waals surface area contributed by atoms with Crippen LogP contribution in [0.1, 0.15) is 56.9 Å². The molecule has 0 unspecified atom stereocenters. The van der Waals surface area contributed by atoms with Crippen LogP contribution in [0.2, 0.25) is 0 Å². The molecule has 2 aliphatic carbocycles. The number of ketones is 2. The minimum absolute atomic E-state index is 0.133. The first-order valence-electron chi connectivity index (χ1n) is 12.4. The maximum Gasteiger partial charge on any atom is 0.262 e. The summed E-state index contributed by atoms with van der Waals surface area (Å²) in [6.45, 7) is 2.71. The van der Waals surface area contributed by atoms with Crippen LogP contribution in [0.4, 0.5) is 5.69 Å². The molecule has 35 heavy (non-hydrogen) atoms. The number of anilines is 1. The van der Waals surface area contributed by atoms with E-state index in [9.17, 15) is 14.4 Å². The van der Waals surface area contributed by atoms with Gasteiger partial charge in [0.25, 0.3) is 5.91 Å². The lowest BCUT2D eigenvalue weighted by atomic mass is 9.71. The first-order chi connectivity index (χ1) is 17.1. The Morgan fingerprint density at radius 3 is 2.20 bits per heavy atom. The van der Waals surface area contributed by atoms with E-state index in [4.69, 9.17) is 4.74 Å². The Bertz CT molecular complexity index is 1180. The first-order valence-corrected chi connectivity index (χ1v) is 12.4. The topological polar surface area (TPSA) is 75.7 Å². The zero-order chi connectivity index (χ0) is 24.4. The Morgan fingerprint density at radius 2 is 1.57 bits per heavy atom. The highest BCUT2D eigenvalue weighted by Gasteiger charge is 2.42. The first kappa shape index (κ1) is 23.1. The Hall–Kier alpha value is -3.67. The zero-order valence-corrected chi connectivity index (χ0v) is 20.0. The number of para-hydroxylation sites is 1. The predicted octanol–water partition coefficient (Wildman–Crippen LogP) is 5.14. The smallest absolute Gasteiger partial charge is 0.262 e. The van der Waals surface area contributed by atoms with Gasteiger partial charge in [-0.3, -0.25) is 14.4 Å². The van der Waals surface area contributed by atoms with Crippen LogP contribution in [0.5, 0.6) is 5.75 Å². The quantitative estimate of drug-likeness (QED) is 0.633. The molecule has 2 aromatic rings. The van der Waals surface area contributed by atoms with E-state index in [0.717, 1.165) is 60.3 Å². The molecule has 1 N–H and O–H groups in total. The molecule has 5 rings (SSSR count). The monoisotopic (exact) mass is 470 g/mol. The van der Waals surface area contributed by atoms with E-state index < -0.39 is 0 Å². The molecule has 1 heterocycles. The summed E-state index contributed by atoms with van der Waals surface area (Å²) in [5.41, 5.74) is 5.28. The van der Waals surface area contributed by atoms with Crippen LogP contribution in [0.25, 0.3) is 0 Å². The molecule has 0 spiro atoms. The largest absolute Gasteiger partial charge is 0.484 e. The SMILES string of the molecule is CCN1C2=C(C(=O)CCC2)C(c2cccc(OCC(=O)Nc3ccccc3)c2)C2=C1CCCC2=O. The van der Waals surface area contributed by atoms with Gasteiger partial charge >= 0.3 is 0 Å². The molecule has 180 valence electrons. The summed E-state index contributed by atoms with van der Waals surface area (Å²) in [5.74, 6) is 0.184. The van der Waals surface area contributed by atoms with Crippen molar-refractivity contribution in [3.05, 3.63) is 82.7 Å². The average molecular weight is 471 g/mol. The van der Waals surface area contributed by atoms with E-state index in [0.29, 0.717) is 24.3 Å². The Balaban J connectivity index is 1.45. The molecule has 0 atom stereocenters. The normalized spacial score (nSPS) is 18.4. The molecule has 6 nitrogen and oxygen atoms in total. The summed E-state index contributed by atoms with van der Waals surface area (Å²) in [5, 5.41) is 2.81. The fraction of sp³-hybridized carbons (Fsp3) is 0.345. The number of carbonyl (C=O) groups excluding carboxylic acids is 3. The van der Waals surface area contributed by atoms with E-state index in [1.54, 1.807) is 6.07 Å². The highest BCUT2D eigenvalue weighted by Crippen LogP contribution is 2.49. The van der Waals surface area contributed by atoms with E-state index in [1.807, 2.05) is 48.5 Å².